The zero-order chi connectivity index (χ0) is 12.8. The fraction of sp³-hybridized carbons (Fsp3) is 0.250. The quantitative estimate of drug-likeness (QED) is 0.729. The first-order valence-electron chi connectivity index (χ1n) is 6.57. The van der Waals surface area contributed by atoms with Gasteiger partial charge in [-0.05, 0) is 11.1 Å². The van der Waals surface area contributed by atoms with Crippen LogP contribution < -0.4 is 0 Å². The van der Waals surface area contributed by atoms with Gasteiger partial charge in [-0.1, -0.05) is 72.2 Å². The van der Waals surface area contributed by atoms with Gasteiger partial charge in [0, 0.05) is 13.1 Å². The van der Waals surface area contributed by atoms with E-state index in [0.29, 0.717) is 0 Å². The molecule has 0 fully saturated rings. The molecule has 0 aliphatic rings. The summed E-state index contributed by atoms with van der Waals surface area (Å²) in [6.45, 7) is 2.14. The van der Waals surface area contributed by atoms with E-state index in [1.54, 1.807) is 0 Å². The lowest BCUT2D eigenvalue weighted by molar-refractivity contribution is 0.424. The molecule has 18 heavy (non-hydrogen) atoms. The van der Waals surface area contributed by atoms with Crippen molar-refractivity contribution in [2.75, 3.05) is 0 Å². The van der Waals surface area contributed by atoms with E-state index in [4.69, 9.17) is 0 Å². The van der Waals surface area contributed by atoms with Gasteiger partial charge in [-0.15, -0.1) is 0 Å². The molecule has 0 amide bonds. The Kier molecular flexibility index (Phi) is 5.02. The Labute approximate surface area is 115 Å². The lowest BCUT2D eigenvalue weighted by Gasteiger charge is -2.25. The average Bonchev–Trinajstić information content (AvgIpc) is 2.40. The van der Waals surface area contributed by atoms with Crippen molar-refractivity contribution in [2.45, 2.75) is 24.7 Å². The molecule has 0 N–H and O–H groups in total. The minimum Gasteiger partial charge on any atom is -0.377 e. The number of benzene rings is 2. The smallest absolute Gasteiger partial charge is 0.366 e. The van der Waals surface area contributed by atoms with Gasteiger partial charge in [-0.3, -0.25) is 0 Å². The molecule has 0 spiro atoms. The van der Waals surface area contributed by atoms with E-state index in [9.17, 15) is 0 Å². The van der Waals surface area contributed by atoms with Crippen LogP contribution in [0.3, 0.4) is 0 Å². The normalized spacial score (nSPS) is 10.6. The van der Waals surface area contributed by atoms with Crippen LogP contribution in [0, 0.1) is 0 Å². The van der Waals surface area contributed by atoms with E-state index in [2.05, 4.69) is 76.1 Å². The van der Waals surface area contributed by atoms with Gasteiger partial charge in [0.2, 0.25) is 0 Å². The fourth-order valence-corrected chi connectivity index (χ4v) is 3.21. The summed E-state index contributed by atoms with van der Waals surface area (Å²) < 4.78 is 2.63. The molecule has 0 aliphatic carbocycles. The zero-order valence-corrected chi connectivity index (χ0v) is 12.4. The van der Waals surface area contributed by atoms with Gasteiger partial charge >= 0.3 is 14.4 Å². The molecule has 2 aromatic rings. The third kappa shape index (κ3) is 4.00. The van der Waals surface area contributed by atoms with Crippen molar-refractivity contribution in [3.05, 3.63) is 71.8 Å². The molecule has 0 atom stereocenters. The highest BCUT2D eigenvalue weighted by Crippen LogP contribution is 2.11. The van der Waals surface area contributed by atoms with E-state index in [-0.39, 0.29) is 0 Å². The lowest BCUT2D eigenvalue weighted by atomic mass is 10.2. The second-order valence-corrected chi connectivity index (χ2v) is 7.89. The van der Waals surface area contributed by atoms with Crippen LogP contribution in [0.1, 0.15) is 11.1 Å². The molecule has 0 bridgehead atoms. The molecular formula is C16H20AlN. The highest BCUT2D eigenvalue weighted by atomic mass is 27.2. The van der Waals surface area contributed by atoms with Gasteiger partial charge in [0.25, 0.3) is 0 Å². The van der Waals surface area contributed by atoms with Crippen LogP contribution in [0.5, 0.6) is 0 Å². The first-order chi connectivity index (χ1) is 8.75. The van der Waals surface area contributed by atoms with Gasteiger partial charge in [-0.2, -0.15) is 0 Å². The van der Waals surface area contributed by atoms with Gasteiger partial charge in [-0.25, -0.2) is 0 Å². The SMILES string of the molecule is [CH3][Al]([CH3])[N](Cc1ccccc1)Cc1ccccc1. The van der Waals surface area contributed by atoms with Crippen LogP contribution in [-0.4, -0.2) is 18.3 Å². The van der Waals surface area contributed by atoms with Gasteiger partial charge in [0.1, 0.15) is 0 Å². The maximum atomic E-state index is 2.63. The Hall–Kier alpha value is -1.07. The predicted molar refractivity (Wildman–Crippen MR) is 79.6 cm³/mol. The van der Waals surface area contributed by atoms with Crippen LogP contribution in [0.25, 0.3) is 0 Å². The first kappa shape index (κ1) is 13.4. The van der Waals surface area contributed by atoms with Gasteiger partial charge in [0.05, 0.1) is 0 Å². The first-order valence-corrected chi connectivity index (χ1v) is 9.40. The number of hydrogen-bond donors (Lipinski definition) is 0. The minimum atomic E-state index is -0.792. The zero-order valence-electron chi connectivity index (χ0n) is 11.2. The summed E-state index contributed by atoms with van der Waals surface area (Å²) in [7, 11) is 0. The van der Waals surface area contributed by atoms with Crippen molar-refractivity contribution in [1.82, 2.24) is 3.88 Å². The second kappa shape index (κ2) is 6.76. The lowest BCUT2D eigenvalue weighted by Crippen LogP contribution is -2.33. The highest BCUT2D eigenvalue weighted by Gasteiger charge is 2.15. The van der Waals surface area contributed by atoms with Crippen LogP contribution in [-0.2, 0) is 13.1 Å². The van der Waals surface area contributed by atoms with Crippen molar-refractivity contribution in [3.8, 4) is 0 Å². The van der Waals surface area contributed by atoms with Crippen molar-refractivity contribution in [3.63, 3.8) is 0 Å². The van der Waals surface area contributed by atoms with Crippen molar-refractivity contribution in [2.24, 2.45) is 0 Å². The maximum absolute atomic E-state index is 2.63. The Bertz CT molecular complexity index is 412. The van der Waals surface area contributed by atoms with Crippen LogP contribution >= 0.6 is 0 Å². The van der Waals surface area contributed by atoms with Crippen LogP contribution in [0.15, 0.2) is 60.7 Å². The monoisotopic (exact) mass is 253 g/mol. The standard InChI is InChI=1S/C14H14N.2CH3.Al/c1-3-7-13(8-4-1)11-15-12-14-9-5-2-6-10-14;;;/h1-10H,11-12H2;2*1H3;/q-1;;;+1. The summed E-state index contributed by atoms with van der Waals surface area (Å²) in [6, 6.07) is 21.5. The molecule has 0 saturated carbocycles. The van der Waals surface area contributed by atoms with E-state index in [1.807, 2.05) is 0 Å². The summed E-state index contributed by atoms with van der Waals surface area (Å²) in [5.41, 5.74) is 2.82. The third-order valence-corrected chi connectivity index (χ3v) is 5.01. The van der Waals surface area contributed by atoms with Crippen molar-refractivity contribution in [1.29, 1.82) is 0 Å². The average molecular weight is 253 g/mol. The molecule has 2 aromatic carbocycles. The summed E-state index contributed by atoms with van der Waals surface area (Å²) in [4.78, 5) is 0. The largest absolute Gasteiger partial charge is 0.377 e. The van der Waals surface area contributed by atoms with Gasteiger partial charge < -0.3 is 3.88 Å². The molecule has 2 heteroatoms. The van der Waals surface area contributed by atoms with Crippen molar-refractivity contribution < 1.29 is 0 Å². The Morgan fingerprint density at radius 3 is 1.44 bits per heavy atom. The summed E-state index contributed by atoms with van der Waals surface area (Å²) in [6.07, 6.45) is 0. The molecule has 0 aliphatic heterocycles. The Morgan fingerprint density at radius 1 is 0.722 bits per heavy atom. The van der Waals surface area contributed by atoms with E-state index in [0.717, 1.165) is 13.1 Å². The summed E-state index contributed by atoms with van der Waals surface area (Å²) in [5, 5.41) is 0. The molecule has 0 unspecified atom stereocenters. The molecule has 1 nitrogen and oxygen atoms in total. The Morgan fingerprint density at radius 2 is 1.11 bits per heavy atom. The maximum Gasteiger partial charge on any atom is 0.366 e. The van der Waals surface area contributed by atoms with E-state index in [1.165, 1.54) is 11.1 Å². The number of hydrogen-bond acceptors (Lipinski definition) is 1. The summed E-state index contributed by atoms with van der Waals surface area (Å²) in [5.74, 6) is 4.79. The van der Waals surface area contributed by atoms with Crippen LogP contribution in [0.2, 0.25) is 11.6 Å². The topological polar surface area (TPSA) is 3.24 Å². The number of rotatable bonds is 5. The molecule has 0 saturated heterocycles. The fourth-order valence-electron chi connectivity index (χ4n) is 2.06. The highest BCUT2D eigenvalue weighted by molar-refractivity contribution is 6.52. The predicted octanol–water partition coefficient (Wildman–Crippen LogP) is 3.94. The molecule has 2 rings (SSSR count). The molecule has 0 aromatic heterocycles. The third-order valence-electron chi connectivity index (χ3n) is 3.19. The molecule has 0 radical (unpaired) electrons. The van der Waals surface area contributed by atoms with E-state index >= 15 is 0 Å². The molecule has 92 valence electrons. The summed E-state index contributed by atoms with van der Waals surface area (Å²) >= 11 is -0.792. The van der Waals surface area contributed by atoms with Crippen molar-refractivity contribution >= 4 is 14.4 Å². The van der Waals surface area contributed by atoms with Crippen LogP contribution in [0.4, 0.5) is 0 Å². The molecule has 0 heterocycles. The second-order valence-electron chi connectivity index (χ2n) is 4.97. The van der Waals surface area contributed by atoms with Gasteiger partial charge in [0.15, 0.2) is 0 Å². The molecular weight excluding hydrogens is 233 g/mol. The minimum absolute atomic E-state index is 0.792. The Balaban J connectivity index is 2.05. The van der Waals surface area contributed by atoms with E-state index < -0.39 is 14.4 Å². The number of nitrogens with zero attached hydrogens (tertiary/aromatic N) is 1.